The van der Waals surface area contributed by atoms with Crippen molar-refractivity contribution in [1.29, 1.82) is 0 Å². The highest BCUT2D eigenvalue weighted by atomic mass is 32.2. The maximum Gasteiger partial charge on any atom is 0.294 e. The van der Waals surface area contributed by atoms with E-state index in [1.807, 2.05) is 44.2 Å². The molecule has 1 aliphatic heterocycles. The van der Waals surface area contributed by atoms with E-state index >= 15 is 0 Å². The van der Waals surface area contributed by atoms with Crippen LogP contribution in [0.5, 0.6) is 5.19 Å². The van der Waals surface area contributed by atoms with Crippen LogP contribution in [0.2, 0.25) is 0 Å². The van der Waals surface area contributed by atoms with Crippen molar-refractivity contribution in [3.63, 3.8) is 0 Å². The van der Waals surface area contributed by atoms with Crippen molar-refractivity contribution in [3.05, 3.63) is 30.3 Å². The second-order valence-corrected chi connectivity index (χ2v) is 7.50. The summed E-state index contributed by atoms with van der Waals surface area (Å²) in [7, 11) is 1.72. The predicted molar refractivity (Wildman–Crippen MR) is 96.4 cm³/mol. The molecule has 9 heteroatoms. The van der Waals surface area contributed by atoms with Gasteiger partial charge in [0, 0.05) is 36.0 Å². The van der Waals surface area contributed by atoms with E-state index in [4.69, 9.17) is 14.2 Å². The molecule has 1 aliphatic rings. The van der Waals surface area contributed by atoms with Gasteiger partial charge in [0.1, 0.15) is 12.7 Å². The van der Waals surface area contributed by atoms with Gasteiger partial charge in [-0.1, -0.05) is 18.2 Å². The van der Waals surface area contributed by atoms with E-state index in [2.05, 4.69) is 9.36 Å². The second kappa shape index (κ2) is 7.69. The number of anilines is 1. The lowest BCUT2D eigenvalue weighted by molar-refractivity contribution is -0.141. The summed E-state index contributed by atoms with van der Waals surface area (Å²) >= 11 is 2.08. The van der Waals surface area contributed by atoms with E-state index in [1.165, 1.54) is 0 Å². The van der Waals surface area contributed by atoms with Crippen LogP contribution in [0.4, 0.5) is 10.5 Å². The van der Waals surface area contributed by atoms with Crippen molar-refractivity contribution in [1.82, 2.24) is 9.36 Å². The summed E-state index contributed by atoms with van der Waals surface area (Å²) in [4.78, 5) is 18.1. The minimum atomic E-state index is -0.579. The van der Waals surface area contributed by atoms with Crippen molar-refractivity contribution >= 4 is 34.2 Å². The molecule has 7 nitrogen and oxygen atoms in total. The number of carbonyl (C=O) groups excluding carboxylic acids is 1. The van der Waals surface area contributed by atoms with Crippen molar-refractivity contribution in [2.75, 3.05) is 25.2 Å². The largest absolute Gasteiger partial charge is 0.466 e. The van der Waals surface area contributed by atoms with Gasteiger partial charge in [-0.2, -0.15) is 9.36 Å². The SMILES string of the molecule is CN(C(=O)Sc1nsc(OCC2COC(C)(C)O2)n1)c1ccccc1. The van der Waals surface area contributed by atoms with Crippen LogP contribution in [0.15, 0.2) is 35.5 Å². The average molecular weight is 381 g/mol. The van der Waals surface area contributed by atoms with Crippen LogP contribution in [0.3, 0.4) is 0 Å². The Morgan fingerprint density at radius 3 is 2.88 bits per heavy atom. The Labute approximate surface area is 154 Å². The summed E-state index contributed by atoms with van der Waals surface area (Å²) in [6, 6.07) is 9.40. The maximum absolute atomic E-state index is 12.3. The molecule has 1 aromatic carbocycles. The topological polar surface area (TPSA) is 73.8 Å². The first kappa shape index (κ1) is 18.1. The number of ether oxygens (including phenoxy) is 3. The van der Waals surface area contributed by atoms with Gasteiger partial charge >= 0.3 is 0 Å². The zero-order chi connectivity index (χ0) is 17.9. The molecule has 1 amide bonds. The van der Waals surface area contributed by atoms with Gasteiger partial charge in [0.05, 0.1) is 6.61 Å². The molecule has 3 rings (SSSR count). The third-order valence-electron chi connectivity index (χ3n) is 3.44. The lowest BCUT2D eigenvalue weighted by Gasteiger charge is -2.16. The molecule has 25 heavy (non-hydrogen) atoms. The summed E-state index contributed by atoms with van der Waals surface area (Å²) in [5.41, 5.74) is 0.813. The highest BCUT2D eigenvalue weighted by Crippen LogP contribution is 2.27. The van der Waals surface area contributed by atoms with Gasteiger partial charge in [-0.15, -0.1) is 0 Å². The molecule has 1 fully saturated rings. The summed E-state index contributed by atoms with van der Waals surface area (Å²) in [5, 5.41) is 0.618. The maximum atomic E-state index is 12.3. The highest BCUT2D eigenvalue weighted by molar-refractivity contribution is 8.13. The van der Waals surface area contributed by atoms with Crippen LogP contribution < -0.4 is 9.64 Å². The van der Waals surface area contributed by atoms with Crippen LogP contribution in [-0.4, -0.2) is 46.7 Å². The summed E-state index contributed by atoms with van der Waals surface area (Å²) in [6.45, 7) is 4.54. The van der Waals surface area contributed by atoms with Gasteiger partial charge in [0.25, 0.3) is 10.4 Å². The predicted octanol–water partition coefficient (Wildman–Crippen LogP) is 3.42. The van der Waals surface area contributed by atoms with Crippen LogP contribution in [0, 0.1) is 0 Å². The minimum absolute atomic E-state index is 0.138. The first-order valence-electron chi connectivity index (χ1n) is 7.72. The minimum Gasteiger partial charge on any atom is -0.466 e. The van der Waals surface area contributed by atoms with Crippen LogP contribution in [0.1, 0.15) is 13.8 Å². The Hall–Kier alpha value is -1.68. The number of thioether (sulfide) groups is 1. The van der Waals surface area contributed by atoms with Crippen molar-refractivity contribution < 1.29 is 19.0 Å². The van der Waals surface area contributed by atoms with E-state index in [-0.39, 0.29) is 11.3 Å². The average Bonchev–Trinajstić information content (AvgIpc) is 3.18. The third-order valence-corrected chi connectivity index (χ3v) is 5.00. The van der Waals surface area contributed by atoms with E-state index in [0.717, 1.165) is 29.0 Å². The molecule has 0 spiro atoms. The van der Waals surface area contributed by atoms with Crippen molar-refractivity contribution in [2.45, 2.75) is 30.9 Å². The zero-order valence-corrected chi connectivity index (χ0v) is 15.8. The summed E-state index contributed by atoms with van der Waals surface area (Å²) in [5.74, 6) is -0.579. The number of amides is 1. The number of benzene rings is 1. The Morgan fingerprint density at radius 2 is 2.20 bits per heavy atom. The lowest BCUT2D eigenvalue weighted by Crippen LogP contribution is -2.25. The molecule has 1 saturated heterocycles. The molecule has 1 unspecified atom stereocenters. The Kier molecular flexibility index (Phi) is 5.57. The number of carbonyl (C=O) groups is 1. The fourth-order valence-corrected chi connectivity index (χ4v) is 3.50. The quantitative estimate of drug-likeness (QED) is 0.735. The number of para-hydroxylation sites is 1. The molecule has 1 atom stereocenters. The third kappa shape index (κ3) is 4.91. The van der Waals surface area contributed by atoms with Crippen molar-refractivity contribution in [2.24, 2.45) is 0 Å². The Balaban J connectivity index is 1.51. The van der Waals surface area contributed by atoms with E-state index in [1.54, 1.807) is 11.9 Å². The van der Waals surface area contributed by atoms with Crippen LogP contribution in [-0.2, 0) is 9.47 Å². The van der Waals surface area contributed by atoms with Gasteiger partial charge < -0.3 is 19.1 Å². The molecular weight excluding hydrogens is 362 g/mol. The fourth-order valence-electron chi connectivity index (χ4n) is 2.21. The second-order valence-electron chi connectivity index (χ2n) is 5.87. The van der Waals surface area contributed by atoms with E-state index < -0.39 is 5.79 Å². The molecule has 134 valence electrons. The van der Waals surface area contributed by atoms with E-state index in [0.29, 0.717) is 23.6 Å². The van der Waals surface area contributed by atoms with Crippen LogP contribution >= 0.6 is 23.3 Å². The van der Waals surface area contributed by atoms with Gasteiger partial charge in [-0.3, -0.25) is 4.79 Å². The molecule has 2 aromatic rings. The molecule has 0 aliphatic carbocycles. The van der Waals surface area contributed by atoms with Gasteiger partial charge in [0.2, 0.25) is 5.16 Å². The van der Waals surface area contributed by atoms with Crippen LogP contribution in [0.25, 0.3) is 0 Å². The zero-order valence-electron chi connectivity index (χ0n) is 14.2. The summed E-state index contributed by atoms with van der Waals surface area (Å²) < 4.78 is 20.9. The normalized spacial score (nSPS) is 18.9. The molecule has 0 saturated carbocycles. The monoisotopic (exact) mass is 381 g/mol. The smallest absolute Gasteiger partial charge is 0.294 e. The lowest BCUT2D eigenvalue weighted by atomic mass is 10.3. The summed E-state index contributed by atoms with van der Waals surface area (Å²) in [6.07, 6.45) is -0.138. The number of hydrogen-bond donors (Lipinski definition) is 0. The molecule has 1 aromatic heterocycles. The number of aromatic nitrogens is 2. The van der Waals surface area contributed by atoms with E-state index in [9.17, 15) is 4.79 Å². The first-order valence-corrected chi connectivity index (χ1v) is 9.31. The van der Waals surface area contributed by atoms with Gasteiger partial charge in [0.15, 0.2) is 5.79 Å². The Bertz CT molecular complexity index is 723. The first-order chi connectivity index (χ1) is 11.9. The fraction of sp³-hybridized carbons (Fsp3) is 0.438. The number of rotatable bonds is 5. The highest BCUT2D eigenvalue weighted by Gasteiger charge is 2.33. The van der Waals surface area contributed by atoms with Crippen molar-refractivity contribution in [3.8, 4) is 5.19 Å². The Morgan fingerprint density at radius 1 is 1.44 bits per heavy atom. The molecule has 0 radical (unpaired) electrons. The molecular formula is C16H19N3O4S2. The molecule has 0 bridgehead atoms. The number of hydrogen-bond acceptors (Lipinski definition) is 8. The molecule has 0 N–H and O–H groups in total. The molecule has 2 heterocycles. The van der Waals surface area contributed by atoms with Gasteiger partial charge in [-0.05, 0) is 26.0 Å². The van der Waals surface area contributed by atoms with Gasteiger partial charge in [-0.25, -0.2) is 0 Å². The standard InChI is InChI=1S/C16H19N3O4S2/c1-16(2)22-10-12(23-16)9-21-14-17-13(18-25-14)24-15(20)19(3)11-7-5-4-6-8-11/h4-8,12H,9-10H2,1-3H3. The number of nitrogens with zero attached hydrogens (tertiary/aromatic N) is 3.